The van der Waals surface area contributed by atoms with E-state index < -0.39 is 28.1 Å². The Labute approximate surface area is 267 Å². The number of amides is 3. The molecule has 0 bridgehead atoms. The van der Waals surface area contributed by atoms with Gasteiger partial charge in [0.15, 0.2) is 0 Å². The van der Waals surface area contributed by atoms with Crippen molar-refractivity contribution in [1.29, 1.82) is 0 Å². The molecule has 0 fully saturated rings. The summed E-state index contributed by atoms with van der Waals surface area (Å²) in [4.78, 5) is 30.2. The largest absolute Gasteiger partial charge is 0.487 e. The minimum atomic E-state index is -3.98. The van der Waals surface area contributed by atoms with Gasteiger partial charge in [0.2, 0.25) is 0 Å². The van der Waals surface area contributed by atoms with Crippen molar-refractivity contribution in [2.45, 2.75) is 30.9 Å². The van der Waals surface area contributed by atoms with Gasteiger partial charge >= 0.3 is 6.03 Å². The Bertz CT molecular complexity index is 1810. The van der Waals surface area contributed by atoms with E-state index in [0.29, 0.717) is 10.7 Å². The molecule has 1 aliphatic rings. The quantitative estimate of drug-likeness (QED) is 0.225. The summed E-state index contributed by atoms with van der Waals surface area (Å²) in [7, 11) is -2.30. The van der Waals surface area contributed by atoms with Gasteiger partial charge in [0.05, 0.1) is 35.3 Å². The fraction of sp³-hybridized carbons (Fsp3) is 0.273. The van der Waals surface area contributed by atoms with Crippen LogP contribution in [0.25, 0.3) is 10.8 Å². The molecule has 0 unspecified atom stereocenters. The van der Waals surface area contributed by atoms with E-state index >= 15 is 0 Å². The number of hydrogen-bond acceptors (Lipinski definition) is 6. The lowest BCUT2D eigenvalue weighted by Gasteiger charge is -2.38. The van der Waals surface area contributed by atoms with Crippen molar-refractivity contribution in [1.82, 2.24) is 9.80 Å². The second-order valence-corrected chi connectivity index (χ2v) is 13.3. The number of aliphatic hydroxyl groups is 1. The molecule has 3 N–H and O–H groups in total. The van der Waals surface area contributed by atoms with Crippen LogP contribution < -0.4 is 14.8 Å². The minimum Gasteiger partial charge on any atom is -0.487 e. The second-order valence-electron chi connectivity index (χ2n) is 11.2. The summed E-state index contributed by atoms with van der Waals surface area (Å²) in [6.07, 6.45) is -0.537. The Kier molecular flexibility index (Phi) is 9.52. The van der Waals surface area contributed by atoms with Crippen LogP contribution in [-0.2, 0) is 10.0 Å². The van der Waals surface area contributed by atoms with E-state index in [2.05, 4.69) is 10.0 Å². The van der Waals surface area contributed by atoms with Gasteiger partial charge in [0.25, 0.3) is 15.9 Å². The monoisotopic (exact) mass is 650 g/mol. The highest BCUT2D eigenvalue weighted by Crippen LogP contribution is 2.32. The first kappa shape index (κ1) is 32.1. The first-order valence-corrected chi connectivity index (χ1v) is 16.3. The average Bonchev–Trinajstić information content (AvgIpc) is 3.02. The molecule has 0 saturated heterocycles. The molecule has 12 heteroatoms. The molecule has 5 rings (SSSR count). The first-order valence-electron chi connectivity index (χ1n) is 14.5. The van der Waals surface area contributed by atoms with E-state index in [-0.39, 0.29) is 53.5 Å². The smallest absolute Gasteiger partial charge is 0.321 e. The molecule has 236 valence electrons. The van der Waals surface area contributed by atoms with Crippen molar-refractivity contribution in [3.05, 3.63) is 95.5 Å². The van der Waals surface area contributed by atoms with Gasteiger partial charge in [-0.2, -0.15) is 0 Å². The van der Waals surface area contributed by atoms with E-state index in [9.17, 15) is 23.1 Å². The molecular weight excluding hydrogens is 616 g/mol. The van der Waals surface area contributed by atoms with Crippen LogP contribution in [0.4, 0.5) is 16.2 Å². The van der Waals surface area contributed by atoms with Crippen molar-refractivity contribution in [2.24, 2.45) is 5.92 Å². The summed E-state index contributed by atoms with van der Waals surface area (Å²) in [5.41, 5.74) is 0.976. The SMILES string of the molecule is C[C@H](CO)N1C[C@H](C)[C@H](CN(C)C(=O)Nc2cccc3ccccc23)Oc2ccc(NS(=O)(=O)c3ccc(Cl)cc3)cc2C1=O. The molecule has 3 atom stereocenters. The number of aliphatic hydroxyl groups excluding tert-OH is 1. The highest BCUT2D eigenvalue weighted by atomic mass is 35.5. The Morgan fingerprint density at radius 2 is 1.80 bits per heavy atom. The number of likely N-dealkylation sites (N-methyl/N-ethyl adjacent to an activating group) is 1. The van der Waals surface area contributed by atoms with Crippen molar-refractivity contribution in [3.63, 3.8) is 0 Å². The average molecular weight is 651 g/mol. The molecule has 45 heavy (non-hydrogen) atoms. The number of urea groups is 1. The van der Waals surface area contributed by atoms with E-state index in [0.717, 1.165) is 10.8 Å². The fourth-order valence-corrected chi connectivity index (χ4v) is 6.41. The summed E-state index contributed by atoms with van der Waals surface area (Å²) in [5, 5.41) is 15.3. The highest BCUT2D eigenvalue weighted by molar-refractivity contribution is 7.92. The molecule has 0 saturated carbocycles. The van der Waals surface area contributed by atoms with Crippen LogP contribution in [0.15, 0.2) is 89.8 Å². The minimum absolute atomic E-state index is 0.00968. The molecule has 1 aliphatic heterocycles. The van der Waals surface area contributed by atoms with Gasteiger partial charge in [0, 0.05) is 35.6 Å². The van der Waals surface area contributed by atoms with Gasteiger partial charge in [-0.15, -0.1) is 0 Å². The maximum Gasteiger partial charge on any atom is 0.321 e. The Morgan fingerprint density at radius 1 is 1.09 bits per heavy atom. The molecule has 0 spiro atoms. The number of carbonyl (C=O) groups excluding carboxylic acids is 2. The molecule has 1 heterocycles. The molecule has 4 aromatic rings. The van der Waals surface area contributed by atoms with E-state index in [1.54, 1.807) is 18.9 Å². The van der Waals surface area contributed by atoms with Crippen LogP contribution in [0.3, 0.4) is 0 Å². The lowest BCUT2D eigenvalue weighted by Crippen LogP contribution is -2.50. The molecule has 0 aliphatic carbocycles. The van der Waals surface area contributed by atoms with Crippen LogP contribution >= 0.6 is 11.6 Å². The molecule has 0 aromatic heterocycles. The summed E-state index contributed by atoms with van der Waals surface area (Å²) < 4.78 is 35.0. The number of nitrogens with zero attached hydrogens (tertiary/aromatic N) is 2. The number of anilines is 2. The zero-order chi connectivity index (χ0) is 32.3. The first-order chi connectivity index (χ1) is 21.5. The van der Waals surface area contributed by atoms with Gasteiger partial charge in [0.1, 0.15) is 11.9 Å². The number of benzene rings is 4. The standard InChI is InChI=1S/C33H35ClN4O6S/c1-21-18-38(22(2)20-39)32(40)28-17-25(36-45(42,43)26-14-11-24(34)12-15-26)13-16-30(28)44-31(21)19-37(3)33(41)35-29-10-6-8-23-7-4-5-9-27(23)29/h4-17,21-22,31,36,39H,18-20H2,1-3H3,(H,35,41)/t21-,22+,31-/m0/s1. The Balaban J connectivity index is 1.40. The number of halogens is 1. The Hall–Kier alpha value is -4.32. The van der Waals surface area contributed by atoms with Gasteiger partial charge in [-0.25, -0.2) is 13.2 Å². The van der Waals surface area contributed by atoms with Gasteiger partial charge < -0.3 is 25.0 Å². The number of carbonyl (C=O) groups is 2. The van der Waals surface area contributed by atoms with Gasteiger partial charge in [-0.05, 0) is 60.8 Å². The second kappa shape index (κ2) is 13.4. The van der Waals surface area contributed by atoms with Crippen molar-refractivity contribution in [2.75, 3.05) is 36.8 Å². The summed E-state index contributed by atoms with van der Waals surface area (Å²) in [5.74, 6) is -0.401. The highest BCUT2D eigenvalue weighted by Gasteiger charge is 2.34. The molecule has 3 amide bonds. The number of hydrogen-bond donors (Lipinski definition) is 3. The fourth-order valence-electron chi connectivity index (χ4n) is 5.23. The topological polar surface area (TPSA) is 128 Å². The summed E-state index contributed by atoms with van der Waals surface area (Å²) in [6, 6.07) is 22.8. The predicted octanol–water partition coefficient (Wildman–Crippen LogP) is 5.68. The van der Waals surface area contributed by atoms with Crippen LogP contribution in [0.5, 0.6) is 5.75 Å². The zero-order valence-electron chi connectivity index (χ0n) is 25.1. The normalized spacial score (nSPS) is 17.4. The third-order valence-corrected chi connectivity index (χ3v) is 9.52. The molecule has 10 nitrogen and oxygen atoms in total. The summed E-state index contributed by atoms with van der Waals surface area (Å²) in [6.45, 7) is 3.82. The third kappa shape index (κ3) is 7.16. The van der Waals surface area contributed by atoms with E-state index in [4.69, 9.17) is 16.3 Å². The van der Waals surface area contributed by atoms with Gasteiger partial charge in [-0.1, -0.05) is 54.9 Å². The Morgan fingerprint density at radius 3 is 2.53 bits per heavy atom. The molecule has 4 aromatic carbocycles. The van der Waals surface area contributed by atoms with E-state index in [1.165, 1.54) is 47.4 Å². The summed E-state index contributed by atoms with van der Waals surface area (Å²) >= 11 is 5.91. The lowest BCUT2D eigenvalue weighted by atomic mass is 9.99. The number of ether oxygens (including phenoxy) is 1. The lowest BCUT2D eigenvalue weighted by molar-refractivity contribution is 0.0371. The third-order valence-electron chi connectivity index (χ3n) is 7.87. The van der Waals surface area contributed by atoms with Crippen LogP contribution in [0, 0.1) is 5.92 Å². The maximum absolute atomic E-state index is 13.8. The van der Waals surface area contributed by atoms with Crippen LogP contribution in [0.1, 0.15) is 24.2 Å². The van der Waals surface area contributed by atoms with Crippen molar-refractivity contribution >= 4 is 55.7 Å². The van der Waals surface area contributed by atoms with E-state index in [1.807, 2.05) is 49.4 Å². The van der Waals surface area contributed by atoms with Crippen LogP contribution in [-0.4, -0.2) is 74.2 Å². The zero-order valence-corrected chi connectivity index (χ0v) is 26.7. The van der Waals surface area contributed by atoms with Crippen molar-refractivity contribution in [3.8, 4) is 5.75 Å². The number of sulfonamides is 1. The predicted molar refractivity (Wildman–Crippen MR) is 175 cm³/mol. The number of fused-ring (bicyclic) bond motifs is 2. The molecular formula is C33H35ClN4O6S. The number of rotatable bonds is 8. The maximum atomic E-state index is 13.8. The van der Waals surface area contributed by atoms with Gasteiger partial charge in [-0.3, -0.25) is 9.52 Å². The number of nitrogens with one attached hydrogen (secondary N) is 2. The van der Waals surface area contributed by atoms with Crippen molar-refractivity contribution < 1.29 is 27.9 Å². The molecule has 0 radical (unpaired) electrons. The van der Waals surface area contributed by atoms with Crippen LogP contribution in [0.2, 0.25) is 5.02 Å².